The van der Waals surface area contributed by atoms with Crippen LogP contribution in [-0.2, 0) is 6.54 Å². The van der Waals surface area contributed by atoms with Gasteiger partial charge in [-0.1, -0.05) is 117 Å². The summed E-state index contributed by atoms with van der Waals surface area (Å²) in [6, 6.07) is 34.9. The molecular formula is C34H36N2O. The van der Waals surface area contributed by atoms with E-state index in [9.17, 15) is 5.11 Å². The number of hydrogen-bond acceptors (Lipinski definition) is 2. The highest BCUT2D eigenvalue weighted by Crippen LogP contribution is 2.43. The third-order valence-corrected chi connectivity index (χ3v) is 8.18. The molecule has 3 heteroatoms. The molecule has 3 nitrogen and oxygen atoms in total. The summed E-state index contributed by atoms with van der Waals surface area (Å²) in [6.07, 6.45) is 4.60. The summed E-state index contributed by atoms with van der Waals surface area (Å²) >= 11 is 0. The predicted molar refractivity (Wildman–Crippen MR) is 156 cm³/mol. The maximum atomic E-state index is 11.4. The summed E-state index contributed by atoms with van der Waals surface area (Å²) in [5.74, 6) is 0.668. The zero-order chi connectivity index (χ0) is 25.2. The number of aromatic nitrogens is 1. The van der Waals surface area contributed by atoms with E-state index >= 15 is 0 Å². The minimum atomic E-state index is -0.491. The quantitative estimate of drug-likeness (QED) is 0.247. The van der Waals surface area contributed by atoms with E-state index in [1.54, 1.807) is 0 Å². The fourth-order valence-corrected chi connectivity index (χ4v) is 6.28. The summed E-state index contributed by atoms with van der Waals surface area (Å²) in [4.78, 5) is 0. The number of fused-ring (bicyclic) bond motifs is 3. The largest absolute Gasteiger partial charge is 0.390 e. The zero-order valence-electron chi connectivity index (χ0n) is 21.6. The van der Waals surface area contributed by atoms with Gasteiger partial charge >= 0.3 is 0 Å². The first-order valence-corrected chi connectivity index (χ1v) is 13.8. The number of nitrogens with one attached hydrogen (secondary N) is 1. The molecule has 1 heterocycles. The summed E-state index contributed by atoms with van der Waals surface area (Å²) in [5.41, 5.74) is 5.96. The Morgan fingerprint density at radius 1 is 0.784 bits per heavy atom. The maximum Gasteiger partial charge on any atom is 0.0843 e. The van der Waals surface area contributed by atoms with Crippen molar-refractivity contribution in [1.29, 1.82) is 0 Å². The highest BCUT2D eigenvalue weighted by atomic mass is 16.3. The van der Waals surface area contributed by atoms with Gasteiger partial charge in [0, 0.05) is 28.9 Å². The van der Waals surface area contributed by atoms with E-state index in [2.05, 4.69) is 114 Å². The predicted octanol–water partition coefficient (Wildman–Crippen LogP) is 7.66. The van der Waals surface area contributed by atoms with Gasteiger partial charge in [0.2, 0.25) is 0 Å². The normalized spacial score (nSPS) is 18.9. The molecule has 6 rings (SSSR count). The van der Waals surface area contributed by atoms with Gasteiger partial charge in [-0.15, -0.1) is 0 Å². The minimum Gasteiger partial charge on any atom is -0.390 e. The first kappa shape index (κ1) is 24.0. The van der Waals surface area contributed by atoms with Gasteiger partial charge in [0.15, 0.2) is 0 Å². The maximum absolute atomic E-state index is 11.4. The number of benzene rings is 4. The Kier molecular flexibility index (Phi) is 6.82. The lowest BCUT2D eigenvalue weighted by Crippen LogP contribution is -2.42. The Morgan fingerprint density at radius 2 is 1.46 bits per heavy atom. The van der Waals surface area contributed by atoms with Crippen LogP contribution >= 0.6 is 0 Å². The lowest BCUT2D eigenvalue weighted by molar-refractivity contribution is 0.140. The van der Waals surface area contributed by atoms with E-state index in [0.29, 0.717) is 25.0 Å². The van der Waals surface area contributed by atoms with Crippen LogP contribution in [0.25, 0.3) is 44.1 Å². The lowest BCUT2D eigenvalue weighted by atomic mass is 9.86. The van der Waals surface area contributed by atoms with Crippen molar-refractivity contribution in [1.82, 2.24) is 9.88 Å². The fraction of sp³-hybridized carbons (Fsp3) is 0.294. The molecule has 0 aliphatic heterocycles. The third kappa shape index (κ3) is 4.70. The van der Waals surface area contributed by atoms with Crippen LogP contribution in [0.4, 0.5) is 0 Å². The molecule has 1 aromatic heterocycles. The first-order chi connectivity index (χ1) is 18.2. The molecule has 37 heavy (non-hydrogen) atoms. The van der Waals surface area contributed by atoms with Crippen LogP contribution in [0.2, 0.25) is 0 Å². The molecule has 3 atom stereocenters. The molecule has 1 fully saturated rings. The Morgan fingerprint density at radius 3 is 2.22 bits per heavy atom. The molecule has 4 aromatic carbocycles. The molecule has 0 bridgehead atoms. The topological polar surface area (TPSA) is 37.2 Å². The van der Waals surface area contributed by atoms with E-state index < -0.39 is 6.10 Å². The second kappa shape index (κ2) is 10.5. The molecule has 1 aliphatic rings. The molecule has 188 valence electrons. The average Bonchev–Trinajstić information content (AvgIpc) is 3.28. The van der Waals surface area contributed by atoms with Gasteiger partial charge in [-0.25, -0.2) is 0 Å². The van der Waals surface area contributed by atoms with Crippen molar-refractivity contribution in [2.24, 2.45) is 5.92 Å². The molecule has 1 saturated carbocycles. The summed E-state index contributed by atoms with van der Waals surface area (Å²) in [5, 5.41) is 18.8. The minimum absolute atomic E-state index is 0.491. The van der Waals surface area contributed by atoms with Crippen LogP contribution in [0.15, 0.2) is 97.1 Å². The SMILES string of the molecule is C[C@@H]1CCCC[C@H]1NC[C@@H](O)Cn1c(-c2ccccc2)c(-c2ccccc2)c2ccc3ccccc3c21. The summed E-state index contributed by atoms with van der Waals surface area (Å²) in [7, 11) is 0. The third-order valence-electron chi connectivity index (χ3n) is 8.18. The molecule has 0 unspecified atom stereocenters. The molecule has 2 N–H and O–H groups in total. The van der Waals surface area contributed by atoms with Crippen LogP contribution in [-0.4, -0.2) is 28.4 Å². The van der Waals surface area contributed by atoms with Gasteiger partial charge in [0.05, 0.1) is 23.9 Å². The smallest absolute Gasteiger partial charge is 0.0843 e. The molecular weight excluding hydrogens is 452 g/mol. The highest BCUT2D eigenvalue weighted by molar-refractivity contribution is 6.15. The van der Waals surface area contributed by atoms with E-state index in [1.165, 1.54) is 69.7 Å². The van der Waals surface area contributed by atoms with Crippen LogP contribution in [0.3, 0.4) is 0 Å². The second-order valence-corrected chi connectivity index (χ2v) is 10.7. The van der Waals surface area contributed by atoms with Gasteiger partial charge in [0.25, 0.3) is 0 Å². The van der Waals surface area contributed by atoms with Gasteiger partial charge < -0.3 is 15.0 Å². The fourth-order valence-electron chi connectivity index (χ4n) is 6.28. The zero-order valence-corrected chi connectivity index (χ0v) is 21.6. The molecule has 0 saturated heterocycles. The van der Waals surface area contributed by atoms with Crippen molar-refractivity contribution < 1.29 is 5.11 Å². The van der Waals surface area contributed by atoms with Crippen molar-refractivity contribution >= 4 is 21.7 Å². The Bertz CT molecular complexity index is 1490. The van der Waals surface area contributed by atoms with E-state index in [-0.39, 0.29) is 0 Å². The van der Waals surface area contributed by atoms with Gasteiger partial charge in [-0.3, -0.25) is 0 Å². The van der Waals surface area contributed by atoms with Gasteiger partial charge in [-0.2, -0.15) is 0 Å². The molecule has 1 aliphatic carbocycles. The van der Waals surface area contributed by atoms with Gasteiger partial charge in [0.1, 0.15) is 0 Å². The van der Waals surface area contributed by atoms with Crippen molar-refractivity contribution in [3.8, 4) is 22.4 Å². The van der Waals surface area contributed by atoms with Crippen LogP contribution < -0.4 is 5.32 Å². The first-order valence-electron chi connectivity index (χ1n) is 13.8. The van der Waals surface area contributed by atoms with E-state index in [0.717, 1.165) is 0 Å². The van der Waals surface area contributed by atoms with Crippen molar-refractivity contribution in [2.45, 2.75) is 51.3 Å². The summed E-state index contributed by atoms with van der Waals surface area (Å²) in [6.45, 7) is 3.48. The average molecular weight is 489 g/mol. The number of nitrogens with zero attached hydrogens (tertiary/aromatic N) is 1. The Labute approximate surface area is 219 Å². The number of aliphatic hydroxyl groups excluding tert-OH is 1. The van der Waals surface area contributed by atoms with E-state index in [1.807, 2.05) is 0 Å². The Balaban J connectivity index is 1.51. The summed E-state index contributed by atoms with van der Waals surface area (Å²) < 4.78 is 2.38. The van der Waals surface area contributed by atoms with Crippen molar-refractivity contribution in [2.75, 3.05) is 6.54 Å². The van der Waals surface area contributed by atoms with Crippen molar-refractivity contribution in [3.05, 3.63) is 97.1 Å². The number of hydrogen-bond donors (Lipinski definition) is 2. The standard InChI is InChI=1S/C34H36N2O/c1-24-12-8-11-19-31(24)35-22-28(37)23-36-33(27-16-6-3-7-17-27)32(26-14-4-2-5-15-26)30-21-20-25-13-9-10-18-29(25)34(30)36/h2-7,9-10,13-18,20-21,24,28,31,35,37H,8,11-12,19,22-23H2,1H3/t24-,28-,31-/m1/s1. The molecule has 5 aromatic rings. The van der Waals surface area contributed by atoms with Crippen LogP contribution in [0, 0.1) is 5.92 Å². The van der Waals surface area contributed by atoms with Crippen molar-refractivity contribution in [3.63, 3.8) is 0 Å². The van der Waals surface area contributed by atoms with Crippen LogP contribution in [0.1, 0.15) is 32.6 Å². The van der Waals surface area contributed by atoms with Crippen LogP contribution in [0.5, 0.6) is 0 Å². The number of rotatable bonds is 7. The molecule has 0 spiro atoms. The molecule has 0 amide bonds. The number of aliphatic hydroxyl groups is 1. The van der Waals surface area contributed by atoms with Gasteiger partial charge in [-0.05, 0) is 35.3 Å². The highest BCUT2D eigenvalue weighted by Gasteiger charge is 2.25. The Hall–Kier alpha value is -3.40. The molecule has 0 radical (unpaired) electrons. The monoisotopic (exact) mass is 488 g/mol. The second-order valence-electron chi connectivity index (χ2n) is 10.7. The lowest BCUT2D eigenvalue weighted by Gasteiger charge is -2.30. The van der Waals surface area contributed by atoms with E-state index in [4.69, 9.17) is 0 Å².